The van der Waals surface area contributed by atoms with Gasteiger partial charge in [-0.3, -0.25) is 4.79 Å². The average Bonchev–Trinajstić information content (AvgIpc) is 2.28. The predicted molar refractivity (Wildman–Crippen MR) is 78.7 cm³/mol. The molecule has 1 rings (SSSR count). The number of alkyl halides is 1. The fourth-order valence-corrected chi connectivity index (χ4v) is 2.52. The summed E-state index contributed by atoms with van der Waals surface area (Å²) in [6.45, 7) is 4.06. The van der Waals surface area contributed by atoms with Crippen LogP contribution in [0, 0.1) is 5.92 Å². The van der Waals surface area contributed by atoms with Crippen LogP contribution in [0.25, 0.3) is 0 Å². The molecule has 0 aliphatic carbocycles. The highest BCUT2D eigenvalue weighted by Crippen LogP contribution is 2.21. The predicted octanol–water partition coefficient (Wildman–Crippen LogP) is 4.20. The third kappa shape index (κ3) is 4.27. The van der Waals surface area contributed by atoms with E-state index in [2.05, 4.69) is 37.2 Å². The summed E-state index contributed by atoms with van der Waals surface area (Å²) in [6, 6.07) is 5.48. The monoisotopic (exact) mass is 381 g/mol. The molecule has 0 saturated heterocycles. The summed E-state index contributed by atoms with van der Waals surface area (Å²) >= 11 is 12.5. The van der Waals surface area contributed by atoms with Crippen LogP contribution in [0.3, 0.4) is 0 Å². The van der Waals surface area contributed by atoms with E-state index in [0.29, 0.717) is 17.4 Å². The van der Waals surface area contributed by atoms with E-state index in [0.717, 1.165) is 8.95 Å². The van der Waals surface area contributed by atoms with Gasteiger partial charge in [0.15, 0.2) is 0 Å². The molecule has 0 fully saturated rings. The minimum Gasteiger partial charge on any atom is -0.348 e. The fourth-order valence-electron chi connectivity index (χ4n) is 1.30. The van der Waals surface area contributed by atoms with Crippen molar-refractivity contribution in [1.82, 2.24) is 5.32 Å². The Balaban J connectivity index is 2.86. The molecule has 1 unspecified atom stereocenters. The van der Waals surface area contributed by atoms with E-state index in [1.54, 1.807) is 6.07 Å². The van der Waals surface area contributed by atoms with Gasteiger partial charge in [-0.1, -0.05) is 29.8 Å². The largest absolute Gasteiger partial charge is 0.348 e. The third-order valence-electron chi connectivity index (χ3n) is 2.46. The summed E-state index contributed by atoms with van der Waals surface area (Å²) in [5, 5.41) is 2.93. The summed E-state index contributed by atoms with van der Waals surface area (Å²) in [5.41, 5.74) is 0.607. The Morgan fingerprint density at radius 2 is 2.06 bits per heavy atom. The maximum Gasteiger partial charge on any atom is 0.252 e. The molecule has 1 aromatic rings. The Hall–Kier alpha value is -0.0600. The van der Waals surface area contributed by atoms with Gasteiger partial charge in [0.1, 0.15) is 0 Å². The molecule has 5 heteroatoms. The molecular weight excluding hydrogens is 369 g/mol. The molecular formula is C12H14Br2ClNO. The molecule has 0 bridgehead atoms. The first-order valence-electron chi connectivity index (χ1n) is 5.27. The highest BCUT2D eigenvalue weighted by molar-refractivity contribution is 9.11. The molecule has 0 aromatic heterocycles. The average molecular weight is 384 g/mol. The highest BCUT2D eigenvalue weighted by atomic mass is 79.9. The molecule has 2 nitrogen and oxygen atoms in total. The van der Waals surface area contributed by atoms with Crippen LogP contribution in [0.4, 0.5) is 0 Å². The number of halogens is 3. The van der Waals surface area contributed by atoms with Gasteiger partial charge in [0.25, 0.3) is 5.91 Å². The van der Waals surface area contributed by atoms with Crippen molar-refractivity contribution in [2.75, 3.05) is 5.88 Å². The van der Waals surface area contributed by atoms with Gasteiger partial charge < -0.3 is 5.32 Å². The molecule has 1 atom stereocenters. The summed E-state index contributed by atoms with van der Waals surface area (Å²) < 4.78 is 1.65. The number of nitrogens with one attached hydrogen (secondary N) is 1. The lowest BCUT2D eigenvalue weighted by Gasteiger charge is -2.20. The lowest BCUT2D eigenvalue weighted by Crippen LogP contribution is -2.40. The van der Waals surface area contributed by atoms with E-state index in [-0.39, 0.29) is 11.9 Å². The van der Waals surface area contributed by atoms with Gasteiger partial charge in [0.2, 0.25) is 0 Å². The minimum absolute atomic E-state index is 0.0185. The Kier molecular flexibility index (Phi) is 5.97. The zero-order chi connectivity index (χ0) is 13.0. The van der Waals surface area contributed by atoms with E-state index < -0.39 is 0 Å². The van der Waals surface area contributed by atoms with Crippen LogP contribution in [0.2, 0.25) is 0 Å². The van der Waals surface area contributed by atoms with E-state index >= 15 is 0 Å². The number of carbonyl (C=O) groups excluding carboxylic acids is 1. The van der Waals surface area contributed by atoms with Crippen molar-refractivity contribution in [2.45, 2.75) is 19.9 Å². The maximum atomic E-state index is 12.1. The lowest BCUT2D eigenvalue weighted by molar-refractivity contribution is 0.0930. The van der Waals surface area contributed by atoms with Crippen molar-refractivity contribution in [3.63, 3.8) is 0 Å². The summed E-state index contributed by atoms with van der Waals surface area (Å²) in [4.78, 5) is 12.1. The van der Waals surface area contributed by atoms with E-state index in [1.165, 1.54) is 0 Å². The van der Waals surface area contributed by atoms with Crippen molar-refractivity contribution in [1.29, 1.82) is 0 Å². The molecule has 0 spiro atoms. The summed E-state index contributed by atoms with van der Waals surface area (Å²) in [7, 11) is 0. The van der Waals surface area contributed by atoms with E-state index in [4.69, 9.17) is 11.6 Å². The smallest absolute Gasteiger partial charge is 0.252 e. The normalized spacial score (nSPS) is 12.6. The summed E-state index contributed by atoms with van der Waals surface area (Å²) in [5.74, 6) is 0.606. The maximum absolute atomic E-state index is 12.1. The molecule has 94 valence electrons. The second-order valence-electron chi connectivity index (χ2n) is 4.10. The van der Waals surface area contributed by atoms with Crippen LogP contribution in [0.1, 0.15) is 24.2 Å². The van der Waals surface area contributed by atoms with E-state index in [1.807, 2.05) is 26.0 Å². The number of benzene rings is 1. The van der Waals surface area contributed by atoms with Gasteiger partial charge in [0, 0.05) is 20.9 Å². The summed E-state index contributed by atoms with van der Waals surface area (Å²) in [6.07, 6.45) is 0. The van der Waals surface area contributed by atoms with Crippen molar-refractivity contribution in [3.8, 4) is 0 Å². The van der Waals surface area contributed by atoms with Gasteiger partial charge in [-0.05, 0) is 40.0 Å². The van der Waals surface area contributed by atoms with Crippen LogP contribution >= 0.6 is 43.5 Å². The fraction of sp³-hybridized carbons (Fsp3) is 0.417. The molecule has 0 radical (unpaired) electrons. The molecule has 17 heavy (non-hydrogen) atoms. The quantitative estimate of drug-likeness (QED) is 0.776. The Labute approximate surface area is 123 Å². The van der Waals surface area contributed by atoms with Gasteiger partial charge in [-0.15, -0.1) is 11.6 Å². The highest BCUT2D eigenvalue weighted by Gasteiger charge is 2.17. The first-order valence-corrected chi connectivity index (χ1v) is 7.39. The van der Waals surface area contributed by atoms with E-state index in [9.17, 15) is 4.79 Å². The Bertz CT molecular complexity index is 409. The Morgan fingerprint density at radius 3 is 2.59 bits per heavy atom. The van der Waals surface area contributed by atoms with Gasteiger partial charge >= 0.3 is 0 Å². The number of hydrogen-bond donors (Lipinski definition) is 1. The van der Waals surface area contributed by atoms with Gasteiger partial charge in [-0.2, -0.15) is 0 Å². The lowest BCUT2D eigenvalue weighted by atomic mass is 10.1. The van der Waals surface area contributed by atoms with Gasteiger partial charge in [-0.25, -0.2) is 0 Å². The topological polar surface area (TPSA) is 29.1 Å². The SMILES string of the molecule is CC(C)C(CCl)NC(=O)c1cc(Br)ccc1Br. The van der Waals surface area contributed by atoms with Crippen molar-refractivity contribution in [3.05, 3.63) is 32.7 Å². The number of hydrogen-bond acceptors (Lipinski definition) is 1. The van der Waals surface area contributed by atoms with Crippen LogP contribution < -0.4 is 5.32 Å². The number of rotatable bonds is 4. The standard InChI is InChI=1S/C12H14Br2ClNO/c1-7(2)11(6-15)16-12(17)9-5-8(13)3-4-10(9)14/h3-5,7,11H,6H2,1-2H3,(H,16,17). The van der Waals surface area contributed by atoms with Crippen LogP contribution in [-0.4, -0.2) is 17.8 Å². The molecule has 0 saturated carbocycles. The second kappa shape index (κ2) is 6.76. The van der Waals surface area contributed by atoms with Crippen LogP contribution in [0.5, 0.6) is 0 Å². The van der Waals surface area contributed by atoms with Crippen LogP contribution in [0.15, 0.2) is 27.1 Å². The molecule has 0 aliphatic heterocycles. The Morgan fingerprint density at radius 1 is 1.41 bits per heavy atom. The zero-order valence-corrected chi connectivity index (χ0v) is 13.6. The molecule has 0 heterocycles. The number of amides is 1. The first kappa shape index (κ1) is 15.0. The van der Waals surface area contributed by atoms with Crippen molar-refractivity contribution >= 4 is 49.4 Å². The minimum atomic E-state index is -0.113. The molecule has 1 aromatic carbocycles. The third-order valence-corrected chi connectivity index (χ3v) is 3.98. The van der Waals surface area contributed by atoms with Gasteiger partial charge in [0.05, 0.1) is 5.56 Å². The molecule has 1 amide bonds. The van der Waals surface area contributed by atoms with Crippen molar-refractivity contribution in [2.24, 2.45) is 5.92 Å². The molecule has 0 aliphatic rings. The van der Waals surface area contributed by atoms with Crippen LogP contribution in [-0.2, 0) is 0 Å². The molecule has 1 N–H and O–H groups in total. The zero-order valence-electron chi connectivity index (χ0n) is 9.64. The first-order chi connectivity index (χ1) is 7.95. The van der Waals surface area contributed by atoms with Crippen molar-refractivity contribution < 1.29 is 4.79 Å². The number of carbonyl (C=O) groups is 1. The second-order valence-corrected chi connectivity index (χ2v) is 6.18.